The number of nitrogens with zero attached hydrogens (tertiary/aromatic N) is 2. The lowest BCUT2D eigenvalue weighted by molar-refractivity contribution is 0.0991. The molecule has 8 heteroatoms. The van der Waals surface area contributed by atoms with Gasteiger partial charge in [-0.15, -0.1) is 10.2 Å². The van der Waals surface area contributed by atoms with Gasteiger partial charge < -0.3 is 9.15 Å². The van der Waals surface area contributed by atoms with E-state index < -0.39 is 5.91 Å². The summed E-state index contributed by atoms with van der Waals surface area (Å²) in [5, 5.41) is 11.9. The molecule has 0 aliphatic rings. The number of amides is 1. The zero-order chi connectivity index (χ0) is 15.5. The number of nitrogens with one attached hydrogen (secondary N) is 1. The number of benzene rings is 1. The van der Waals surface area contributed by atoms with Gasteiger partial charge in [0.05, 0.1) is 5.02 Å². The summed E-state index contributed by atoms with van der Waals surface area (Å²) in [6.07, 6.45) is 0. The summed E-state index contributed by atoms with van der Waals surface area (Å²) < 4.78 is 10.8. The van der Waals surface area contributed by atoms with E-state index in [1.54, 1.807) is 37.3 Å². The van der Waals surface area contributed by atoms with Crippen molar-refractivity contribution in [3.8, 4) is 11.7 Å². The van der Waals surface area contributed by atoms with Crippen LogP contribution in [0.25, 0.3) is 0 Å². The maximum Gasteiger partial charge on any atom is 0.293 e. The Morgan fingerprint density at radius 2 is 2.09 bits per heavy atom. The summed E-state index contributed by atoms with van der Waals surface area (Å²) in [5.41, 5.74) is 0. The summed E-state index contributed by atoms with van der Waals surface area (Å²) in [6.45, 7) is 1.80. The summed E-state index contributed by atoms with van der Waals surface area (Å²) in [7, 11) is 0. The molecular formula is C14H10ClN3O3S. The van der Waals surface area contributed by atoms with Gasteiger partial charge in [-0.1, -0.05) is 35.1 Å². The molecule has 2 heterocycles. The normalized spacial score (nSPS) is 10.5. The Morgan fingerprint density at radius 1 is 1.27 bits per heavy atom. The number of hydrogen-bond acceptors (Lipinski definition) is 6. The van der Waals surface area contributed by atoms with Gasteiger partial charge >= 0.3 is 0 Å². The third kappa shape index (κ3) is 3.26. The molecule has 3 rings (SSSR count). The Bertz CT molecular complexity index is 815. The number of ether oxygens (including phenoxy) is 1. The quantitative estimate of drug-likeness (QED) is 0.775. The molecule has 3 aromatic rings. The van der Waals surface area contributed by atoms with Crippen LogP contribution in [0.15, 0.2) is 40.8 Å². The number of aromatic nitrogens is 2. The van der Waals surface area contributed by atoms with Gasteiger partial charge in [-0.05, 0) is 25.1 Å². The Hall–Kier alpha value is -2.38. The second-order valence-electron chi connectivity index (χ2n) is 4.23. The van der Waals surface area contributed by atoms with Gasteiger partial charge in [-0.2, -0.15) is 0 Å². The van der Waals surface area contributed by atoms with Crippen LogP contribution in [-0.2, 0) is 0 Å². The monoisotopic (exact) mass is 335 g/mol. The molecule has 0 fully saturated rings. The lowest BCUT2D eigenvalue weighted by Crippen LogP contribution is -2.10. The SMILES string of the molecule is Cc1nnc(NC(=O)c2ccc(Oc3ccccc3Cl)o2)s1. The molecule has 0 atom stereocenters. The number of aryl methyl sites for hydroxylation is 1. The first kappa shape index (κ1) is 14.6. The highest BCUT2D eigenvalue weighted by atomic mass is 35.5. The van der Waals surface area contributed by atoms with Crippen molar-refractivity contribution >= 4 is 34.0 Å². The molecule has 0 bridgehead atoms. The highest BCUT2D eigenvalue weighted by molar-refractivity contribution is 7.15. The number of anilines is 1. The maximum atomic E-state index is 12.0. The van der Waals surface area contributed by atoms with Crippen molar-refractivity contribution in [1.29, 1.82) is 0 Å². The molecule has 0 aliphatic heterocycles. The molecule has 6 nitrogen and oxygen atoms in total. The van der Waals surface area contributed by atoms with Crippen molar-refractivity contribution in [2.75, 3.05) is 5.32 Å². The second kappa shape index (κ2) is 6.17. The summed E-state index contributed by atoms with van der Waals surface area (Å²) in [4.78, 5) is 12.0. The largest absolute Gasteiger partial charge is 0.424 e. The molecule has 2 aromatic heterocycles. The van der Waals surface area contributed by atoms with Crippen molar-refractivity contribution in [3.63, 3.8) is 0 Å². The molecule has 0 saturated carbocycles. The third-order valence-corrected chi connectivity index (χ3v) is 3.67. The molecule has 1 amide bonds. The molecule has 0 radical (unpaired) electrons. The predicted octanol–water partition coefficient (Wildman–Crippen LogP) is 4.14. The first-order valence-corrected chi connectivity index (χ1v) is 7.45. The first-order valence-electron chi connectivity index (χ1n) is 6.25. The number of para-hydroxylation sites is 1. The van der Waals surface area contributed by atoms with E-state index in [1.807, 2.05) is 0 Å². The van der Waals surface area contributed by atoms with Crippen LogP contribution in [0.2, 0.25) is 5.02 Å². The summed E-state index contributed by atoms with van der Waals surface area (Å²) >= 11 is 7.27. The van der Waals surface area contributed by atoms with Gasteiger partial charge in [-0.25, -0.2) is 0 Å². The number of furan rings is 1. The second-order valence-corrected chi connectivity index (χ2v) is 5.82. The minimum Gasteiger partial charge on any atom is -0.424 e. The summed E-state index contributed by atoms with van der Waals surface area (Å²) in [6, 6.07) is 10.0. The molecule has 1 aromatic carbocycles. The molecular weight excluding hydrogens is 326 g/mol. The van der Waals surface area contributed by atoms with E-state index in [9.17, 15) is 4.79 Å². The van der Waals surface area contributed by atoms with E-state index >= 15 is 0 Å². The lowest BCUT2D eigenvalue weighted by Gasteiger charge is -2.03. The fourth-order valence-corrected chi connectivity index (χ4v) is 2.40. The van der Waals surface area contributed by atoms with Gasteiger partial charge in [-0.3, -0.25) is 10.1 Å². The van der Waals surface area contributed by atoms with Crippen molar-refractivity contribution in [1.82, 2.24) is 10.2 Å². The molecule has 112 valence electrons. The molecule has 22 heavy (non-hydrogen) atoms. The molecule has 1 N–H and O–H groups in total. The fourth-order valence-electron chi connectivity index (χ4n) is 1.64. The number of rotatable bonds is 4. The van der Waals surface area contributed by atoms with Gasteiger partial charge in [0, 0.05) is 6.07 Å². The average molecular weight is 336 g/mol. The molecule has 0 saturated heterocycles. The van der Waals surface area contributed by atoms with Crippen LogP contribution in [0, 0.1) is 6.92 Å². The number of halogens is 1. The average Bonchev–Trinajstić information content (AvgIpc) is 3.11. The van der Waals surface area contributed by atoms with Gasteiger partial charge in [0.2, 0.25) is 5.13 Å². The van der Waals surface area contributed by atoms with Crippen molar-refractivity contribution in [3.05, 3.63) is 52.2 Å². The highest BCUT2D eigenvalue weighted by Gasteiger charge is 2.15. The van der Waals surface area contributed by atoms with Crippen LogP contribution in [0.3, 0.4) is 0 Å². The van der Waals surface area contributed by atoms with E-state index in [2.05, 4.69) is 15.5 Å². The van der Waals surface area contributed by atoms with Crippen LogP contribution < -0.4 is 10.1 Å². The molecule has 0 unspecified atom stereocenters. The zero-order valence-electron chi connectivity index (χ0n) is 11.4. The Kier molecular flexibility index (Phi) is 4.08. The van der Waals surface area contributed by atoms with Crippen LogP contribution in [-0.4, -0.2) is 16.1 Å². The van der Waals surface area contributed by atoms with Crippen LogP contribution in [0.4, 0.5) is 5.13 Å². The van der Waals surface area contributed by atoms with Crippen LogP contribution in [0.1, 0.15) is 15.6 Å². The van der Waals surface area contributed by atoms with Gasteiger partial charge in [0.15, 0.2) is 5.76 Å². The Balaban J connectivity index is 1.70. The lowest BCUT2D eigenvalue weighted by atomic mass is 10.3. The first-order chi connectivity index (χ1) is 10.6. The zero-order valence-corrected chi connectivity index (χ0v) is 12.9. The topological polar surface area (TPSA) is 77.2 Å². The van der Waals surface area contributed by atoms with Crippen LogP contribution >= 0.6 is 22.9 Å². The van der Waals surface area contributed by atoms with Gasteiger partial charge in [0.25, 0.3) is 11.9 Å². The fraction of sp³-hybridized carbons (Fsp3) is 0.0714. The summed E-state index contributed by atoms with van der Waals surface area (Å²) in [5.74, 6) is 0.303. The number of hydrogen-bond donors (Lipinski definition) is 1. The van der Waals surface area contributed by atoms with E-state index in [4.69, 9.17) is 20.8 Å². The number of carbonyl (C=O) groups is 1. The van der Waals surface area contributed by atoms with Crippen molar-refractivity contribution in [2.45, 2.75) is 6.92 Å². The van der Waals surface area contributed by atoms with Gasteiger partial charge in [0.1, 0.15) is 10.8 Å². The Morgan fingerprint density at radius 3 is 2.82 bits per heavy atom. The van der Waals surface area contributed by atoms with Crippen molar-refractivity contribution < 1.29 is 13.9 Å². The van der Waals surface area contributed by atoms with E-state index in [-0.39, 0.29) is 11.7 Å². The molecule has 0 aliphatic carbocycles. The van der Waals surface area contributed by atoms with E-state index in [0.717, 1.165) is 5.01 Å². The third-order valence-electron chi connectivity index (χ3n) is 2.60. The minimum absolute atomic E-state index is 0.106. The van der Waals surface area contributed by atoms with E-state index in [1.165, 1.54) is 17.4 Å². The number of carbonyl (C=O) groups excluding carboxylic acids is 1. The highest BCUT2D eigenvalue weighted by Crippen LogP contribution is 2.30. The van der Waals surface area contributed by atoms with Crippen molar-refractivity contribution in [2.24, 2.45) is 0 Å². The van der Waals surface area contributed by atoms with E-state index in [0.29, 0.717) is 15.9 Å². The Labute approximate surface area is 134 Å². The van der Waals surface area contributed by atoms with Crippen LogP contribution in [0.5, 0.6) is 11.7 Å². The predicted molar refractivity (Wildman–Crippen MR) is 82.8 cm³/mol. The standard InChI is InChI=1S/C14H10ClN3O3S/c1-8-17-18-14(22-8)16-13(19)11-6-7-12(21-11)20-10-5-3-2-4-9(10)15/h2-7H,1H3,(H,16,18,19). The molecule has 0 spiro atoms. The maximum absolute atomic E-state index is 12.0. The smallest absolute Gasteiger partial charge is 0.293 e. The minimum atomic E-state index is -0.426.